The van der Waals surface area contributed by atoms with Crippen LogP contribution in [0.5, 0.6) is 5.75 Å². The number of carbonyl (C=O) groups is 2. The summed E-state index contributed by atoms with van der Waals surface area (Å²) in [6.45, 7) is 1.35. The summed E-state index contributed by atoms with van der Waals surface area (Å²) in [6.07, 6.45) is 1.57. The molecule has 0 radical (unpaired) electrons. The molecular weight excluding hydrogens is 394 g/mol. The maximum atomic E-state index is 12.4. The molecule has 0 spiro atoms. The molecule has 3 rings (SSSR count). The summed E-state index contributed by atoms with van der Waals surface area (Å²) in [6, 6.07) is 16.1. The molecule has 1 amide bonds. The van der Waals surface area contributed by atoms with E-state index in [1.165, 1.54) is 11.8 Å². The molecule has 1 heterocycles. The van der Waals surface area contributed by atoms with Crippen molar-refractivity contribution in [2.24, 2.45) is 0 Å². The lowest BCUT2D eigenvalue weighted by molar-refractivity contribution is -0.124. The molecule has 1 N–H and O–H groups in total. The molecule has 1 atom stereocenters. The molecule has 7 nitrogen and oxygen atoms in total. The number of rotatable bonds is 7. The zero-order valence-corrected chi connectivity index (χ0v) is 16.7. The van der Waals surface area contributed by atoms with Crippen LogP contribution in [0.4, 0.5) is 0 Å². The molecule has 3 aromatic rings. The van der Waals surface area contributed by atoms with Crippen molar-refractivity contribution < 1.29 is 19.1 Å². The minimum Gasteiger partial charge on any atom is -0.493 e. The van der Waals surface area contributed by atoms with Crippen LogP contribution in [0.15, 0.2) is 60.8 Å². The molecule has 0 saturated carbocycles. The highest BCUT2D eigenvalue weighted by molar-refractivity contribution is 6.31. The lowest BCUT2D eigenvalue weighted by Gasteiger charge is -2.15. The van der Waals surface area contributed by atoms with Crippen LogP contribution in [0, 0.1) is 0 Å². The van der Waals surface area contributed by atoms with Gasteiger partial charge in [-0.1, -0.05) is 48.0 Å². The van der Waals surface area contributed by atoms with Crippen molar-refractivity contribution in [2.45, 2.75) is 13.0 Å². The van der Waals surface area contributed by atoms with E-state index in [9.17, 15) is 9.59 Å². The summed E-state index contributed by atoms with van der Waals surface area (Å²) in [5.74, 6) is -0.951. The van der Waals surface area contributed by atoms with Crippen molar-refractivity contribution in [3.05, 3.63) is 77.1 Å². The summed E-state index contributed by atoms with van der Waals surface area (Å²) < 4.78 is 11.8. The Kier molecular flexibility index (Phi) is 6.51. The highest BCUT2D eigenvalue weighted by Crippen LogP contribution is 2.22. The third-order valence-electron chi connectivity index (χ3n) is 4.20. The Bertz CT molecular complexity index is 1000. The number of esters is 1. The van der Waals surface area contributed by atoms with Gasteiger partial charge in [-0.3, -0.25) is 4.79 Å². The molecule has 0 unspecified atom stereocenters. The van der Waals surface area contributed by atoms with E-state index in [4.69, 9.17) is 21.1 Å². The highest BCUT2D eigenvalue weighted by atomic mass is 35.5. The molecule has 150 valence electrons. The van der Waals surface area contributed by atoms with Gasteiger partial charge in [-0.2, -0.15) is 5.10 Å². The Hall–Kier alpha value is -3.32. The molecular formula is C21H20ClN3O4. The van der Waals surface area contributed by atoms with Gasteiger partial charge in [-0.05, 0) is 30.7 Å². The predicted molar refractivity (Wildman–Crippen MR) is 108 cm³/mol. The first-order valence-electron chi connectivity index (χ1n) is 8.89. The number of nitrogens with one attached hydrogen (secondary N) is 1. The Morgan fingerprint density at radius 3 is 2.52 bits per heavy atom. The molecule has 0 fully saturated rings. The number of halogens is 1. The summed E-state index contributed by atoms with van der Waals surface area (Å²) in [5.41, 5.74) is 1.52. The molecule has 1 aromatic heterocycles. The lowest BCUT2D eigenvalue weighted by Crippen LogP contribution is -2.31. The normalized spacial score (nSPS) is 11.6. The van der Waals surface area contributed by atoms with Gasteiger partial charge < -0.3 is 14.8 Å². The van der Waals surface area contributed by atoms with Gasteiger partial charge in [0.05, 0.1) is 25.0 Å². The van der Waals surface area contributed by atoms with Crippen LogP contribution in [-0.2, 0) is 9.53 Å². The average molecular weight is 414 g/mol. The maximum Gasteiger partial charge on any atom is 0.363 e. The average Bonchev–Trinajstić information content (AvgIpc) is 3.17. The zero-order valence-electron chi connectivity index (χ0n) is 16.0. The minimum absolute atomic E-state index is 0.0108. The second kappa shape index (κ2) is 9.25. The number of para-hydroxylation sites is 1. The highest BCUT2D eigenvalue weighted by Gasteiger charge is 2.21. The quantitative estimate of drug-likeness (QED) is 0.599. The van der Waals surface area contributed by atoms with Crippen LogP contribution in [0.25, 0.3) is 5.69 Å². The standard InChI is InChI=1S/C21H20ClN3O4/c1-14(16-10-6-7-11-17(16)22)23-19(26)13-29-21(27)20-18(28-2)12-25(24-20)15-8-4-3-5-9-15/h3-12,14H,13H2,1-2H3,(H,23,26)/t14-/m1/s1. The van der Waals surface area contributed by atoms with Crippen LogP contribution >= 0.6 is 11.6 Å². The number of methoxy groups -OCH3 is 1. The van der Waals surface area contributed by atoms with Crippen molar-refractivity contribution in [3.63, 3.8) is 0 Å². The Morgan fingerprint density at radius 2 is 1.83 bits per heavy atom. The first-order chi connectivity index (χ1) is 14.0. The SMILES string of the molecule is COc1cn(-c2ccccc2)nc1C(=O)OCC(=O)N[C@H](C)c1ccccc1Cl. The molecule has 0 bridgehead atoms. The maximum absolute atomic E-state index is 12.4. The van der Waals surface area contributed by atoms with Gasteiger partial charge in [0, 0.05) is 5.02 Å². The fourth-order valence-electron chi connectivity index (χ4n) is 2.75. The monoisotopic (exact) mass is 413 g/mol. The number of hydrogen-bond donors (Lipinski definition) is 1. The van der Waals surface area contributed by atoms with Crippen LogP contribution in [0.1, 0.15) is 29.0 Å². The van der Waals surface area contributed by atoms with Crippen LogP contribution < -0.4 is 10.1 Å². The van der Waals surface area contributed by atoms with E-state index in [2.05, 4.69) is 10.4 Å². The number of amides is 1. The van der Waals surface area contributed by atoms with E-state index in [1.807, 2.05) is 48.5 Å². The van der Waals surface area contributed by atoms with Crippen molar-refractivity contribution in [1.82, 2.24) is 15.1 Å². The topological polar surface area (TPSA) is 82.5 Å². The van der Waals surface area contributed by atoms with E-state index in [1.54, 1.807) is 19.2 Å². The van der Waals surface area contributed by atoms with Gasteiger partial charge in [-0.25, -0.2) is 9.48 Å². The first kappa shape index (κ1) is 20.4. The Balaban J connectivity index is 1.62. The van der Waals surface area contributed by atoms with E-state index >= 15 is 0 Å². The number of aromatic nitrogens is 2. The number of nitrogens with zero attached hydrogens (tertiary/aromatic N) is 2. The van der Waals surface area contributed by atoms with Gasteiger partial charge >= 0.3 is 5.97 Å². The molecule has 2 aromatic carbocycles. The smallest absolute Gasteiger partial charge is 0.363 e. The van der Waals surface area contributed by atoms with E-state index in [0.29, 0.717) is 5.02 Å². The van der Waals surface area contributed by atoms with Crippen molar-refractivity contribution in [1.29, 1.82) is 0 Å². The summed E-state index contributed by atoms with van der Waals surface area (Å²) in [5, 5.41) is 7.51. The fraction of sp³-hybridized carbons (Fsp3) is 0.190. The lowest BCUT2D eigenvalue weighted by atomic mass is 10.1. The van der Waals surface area contributed by atoms with Gasteiger partial charge in [0.25, 0.3) is 5.91 Å². The predicted octanol–water partition coefficient (Wildman–Crippen LogP) is 3.57. The fourth-order valence-corrected chi connectivity index (χ4v) is 3.05. The van der Waals surface area contributed by atoms with Crippen LogP contribution in [0.3, 0.4) is 0 Å². The zero-order chi connectivity index (χ0) is 20.8. The number of ether oxygens (including phenoxy) is 2. The van der Waals surface area contributed by atoms with Crippen LogP contribution in [-0.4, -0.2) is 35.4 Å². The molecule has 29 heavy (non-hydrogen) atoms. The van der Waals surface area contributed by atoms with Gasteiger partial charge in [0.1, 0.15) is 0 Å². The molecule has 0 aliphatic carbocycles. The van der Waals surface area contributed by atoms with Gasteiger partial charge in [0.15, 0.2) is 12.4 Å². The second-order valence-electron chi connectivity index (χ2n) is 6.21. The molecule has 8 heteroatoms. The third kappa shape index (κ3) is 4.94. The number of benzene rings is 2. The van der Waals surface area contributed by atoms with E-state index < -0.39 is 18.5 Å². The van der Waals surface area contributed by atoms with E-state index in [-0.39, 0.29) is 17.5 Å². The molecule has 0 saturated heterocycles. The van der Waals surface area contributed by atoms with Crippen LogP contribution in [0.2, 0.25) is 5.02 Å². The van der Waals surface area contributed by atoms with Crippen molar-refractivity contribution in [2.75, 3.05) is 13.7 Å². The largest absolute Gasteiger partial charge is 0.493 e. The number of carbonyl (C=O) groups excluding carboxylic acids is 2. The van der Waals surface area contributed by atoms with Crippen molar-refractivity contribution >= 4 is 23.5 Å². The third-order valence-corrected chi connectivity index (χ3v) is 4.54. The second-order valence-corrected chi connectivity index (χ2v) is 6.62. The summed E-state index contributed by atoms with van der Waals surface area (Å²) in [7, 11) is 1.43. The van der Waals surface area contributed by atoms with Gasteiger partial charge in [0.2, 0.25) is 5.69 Å². The summed E-state index contributed by atoms with van der Waals surface area (Å²) in [4.78, 5) is 24.6. The summed E-state index contributed by atoms with van der Waals surface area (Å²) >= 11 is 6.14. The first-order valence-corrected chi connectivity index (χ1v) is 9.27. The Labute approximate surface area is 173 Å². The van der Waals surface area contributed by atoms with Gasteiger partial charge in [-0.15, -0.1) is 0 Å². The number of hydrogen-bond acceptors (Lipinski definition) is 5. The molecule has 0 aliphatic rings. The van der Waals surface area contributed by atoms with E-state index in [0.717, 1.165) is 11.3 Å². The van der Waals surface area contributed by atoms with Crippen molar-refractivity contribution in [3.8, 4) is 11.4 Å². The molecule has 0 aliphatic heterocycles. The Morgan fingerprint density at radius 1 is 1.14 bits per heavy atom. The minimum atomic E-state index is -0.753.